The molecular formula is C11H17NS. The summed E-state index contributed by atoms with van der Waals surface area (Å²) in [6, 6.07) is 4.39. The van der Waals surface area contributed by atoms with E-state index in [1.165, 1.54) is 24.1 Å². The third-order valence-electron chi connectivity index (χ3n) is 3.58. The minimum absolute atomic E-state index is 0.314. The van der Waals surface area contributed by atoms with E-state index in [0.29, 0.717) is 5.41 Å². The smallest absolute Gasteiger partial charge is 0.0195 e. The highest BCUT2D eigenvalue weighted by atomic mass is 32.1. The van der Waals surface area contributed by atoms with Gasteiger partial charge in [-0.1, -0.05) is 19.4 Å². The first-order valence-corrected chi connectivity index (χ1v) is 5.91. The highest BCUT2D eigenvalue weighted by molar-refractivity contribution is 7.10. The highest BCUT2D eigenvalue weighted by Crippen LogP contribution is 2.46. The molecule has 1 saturated carbocycles. The SMILES string of the molecule is CC1CCCC1(CN)c1cccs1. The van der Waals surface area contributed by atoms with Gasteiger partial charge in [0, 0.05) is 16.8 Å². The summed E-state index contributed by atoms with van der Waals surface area (Å²) in [6.45, 7) is 3.16. The van der Waals surface area contributed by atoms with Crippen LogP contribution in [0.5, 0.6) is 0 Å². The van der Waals surface area contributed by atoms with Gasteiger partial charge in [0.1, 0.15) is 0 Å². The zero-order valence-corrected chi connectivity index (χ0v) is 8.94. The van der Waals surface area contributed by atoms with Crippen molar-refractivity contribution in [1.29, 1.82) is 0 Å². The lowest BCUT2D eigenvalue weighted by Gasteiger charge is -2.31. The van der Waals surface area contributed by atoms with Crippen LogP contribution in [0, 0.1) is 5.92 Å². The maximum absolute atomic E-state index is 5.96. The molecule has 1 nitrogen and oxygen atoms in total. The Morgan fingerprint density at radius 1 is 1.69 bits per heavy atom. The van der Waals surface area contributed by atoms with E-state index < -0.39 is 0 Å². The zero-order valence-electron chi connectivity index (χ0n) is 8.12. The van der Waals surface area contributed by atoms with Crippen molar-refractivity contribution >= 4 is 11.3 Å². The fraction of sp³-hybridized carbons (Fsp3) is 0.636. The molecule has 0 bridgehead atoms. The van der Waals surface area contributed by atoms with Gasteiger partial charge in [0.25, 0.3) is 0 Å². The monoisotopic (exact) mass is 195 g/mol. The highest BCUT2D eigenvalue weighted by Gasteiger charge is 2.41. The van der Waals surface area contributed by atoms with E-state index in [1.807, 2.05) is 11.3 Å². The summed E-state index contributed by atoms with van der Waals surface area (Å²) in [4.78, 5) is 1.50. The Hall–Kier alpha value is -0.340. The topological polar surface area (TPSA) is 26.0 Å². The van der Waals surface area contributed by atoms with Crippen LogP contribution in [0.4, 0.5) is 0 Å². The lowest BCUT2D eigenvalue weighted by molar-refractivity contribution is 0.353. The molecule has 13 heavy (non-hydrogen) atoms. The molecule has 0 aromatic carbocycles. The van der Waals surface area contributed by atoms with Gasteiger partial charge in [0.2, 0.25) is 0 Å². The standard InChI is InChI=1S/C11H17NS/c1-9-4-2-6-11(9,8-12)10-5-3-7-13-10/h3,5,7,9H,2,4,6,8,12H2,1H3. The number of rotatable bonds is 2. The molecule has 1 aliphatic carbocycles. The van der Waals surface area contributed by atoms with Crippen molar-refractivity contribution in [2.75, 3.05) is 6.54 Å². The fourth-order valence-corrected chi connectivity index (χ4v) is 3.66. The molecule has 1 aliphatic rings. The largest absolute Gasteiger partial charge is 0.330 e. The molecule has 1 fully saturated rings. The van der Waals surface area contributed by atoms with Crippen LogP contribution in [0.25, 0.3) is 0 Å². The fourth-order valence-electron chi connectivity index (χ4n) is 2.58. The Balaban J connectivity index is 2.35. The second kappa shape index (κ2) is 3.43. The van der Waals surface area contributed by atoms with Crippen molar-refractivity contribution in [2.24, 2.45) is 11.7 Å². The van der Waals surface area contributed by atoms with Gasteiger partial charge < -0.3 is 5.73 Å². The Bertz CT molecular complexity index is 268. The Morgan fingerprint density at radius 3 is 3.00 bits per heavy atom. The van der Waals surface area contributed by atoms with Crippen molar-refractivity contribution in [3.8, 4) is 0 Å². The summed E-state index contributed by atoms with van der Waals surface area (Å²) in [5.41, 5.74) is 6.27. The van der Waals surface area contributed by atoms with Crippen LogP contribution in [0.3, 0.4) is 0 Å². The molecule has 0 radical (unpaired) electrons. The molecule has 1 aromatic rings. The van der Waals surface area contributed by atoms with Gasteiger partial charge in [-0.05, 0) is 30.2 Å². The summed E-state index contributed by atoms with van der Waals surface area (Å²) >= 11 is 1.87. The molecule has 2 heteroatoms. The molecule has 2 N–H and O–H groups in total. The minimum Gasteiger partial charge on any atom is -0.330 e. The maximum atomic E-state index is 5.96. The summed E-state index contributed by atoms with van der Waals surface area (Å²) in [5, 5.41) is 2.16. The van der Waals surface area contributed by atoms with Gasteiger partial charge >= 0.3 is 0 Å². The quantitative estimate of drug-likeness (QED) is 0.771. The third kappa shape index (κ3) is 1.32. The van der Waals surface area contributed by atoms with Crippen molar-refractivity contribution in [2.45, 2.75) is 31.6 Å². The second-order valence-corrected chi connectivity index (χ2v) is 5.08. The van der Waals surface area contributed by atoms with Crippen LogP contribution in [0.15, 0.2) is 17.5 Å². The average molecular weight is 195 g/mol. The molecule has 0 saturated heterocycles. The summed E-state index contributed by atoms with van der Waals surface area (Å²) in [6.07, 6.45) is 3.97. The van der Waals surface area contributed by atoms with E-state index in [2.05, 4.69) is 24.4 Å². The Kier molecular flexibility index (Phi) is 2.43. The van der Waals surface area contributed by atoms with Gasteiger partial charge in [0.05, 0.1) is 0 Å². The van der Waals surface area contributed by atoms with Crippen LogP contribution in [0.1, 0.15) is 31.1 Å². The van der Waals surface area contributed by atoms with Gasteiger partial charge in [-0.3, -0.25) is 0 Å². The van der Waals surface area contributed by atoms with E-state index >= 15 is 0 Å². The molecule has 0 spiro atoms. The lowest BCUT2D eigenvalue weighted by atomic mass is 9.77. The first-order chi connectivity index (χ1) is 6.29. The lowest BCUT2D eigenvalue weighted by Crippen LogP contribution is -2.36. The summed E-state index contributed by atoms with van der Waals surface area (Å²) in [5.74, 6) is 0.760. The Labute approximate surface area is 84.0 Å². The van der Waals surface area contributed by atoms with Gasteiger partial charge in [-0.2, -0.15) is 0 Å². The van der Waals surface area contributed by atoms with E-state index in [-0.39, 0.29) is 0 Å². The van der Waals surface area contributed by atoms with Crippen LogP contribution in [-0.2, 0) is 5.41 Å². The van der Waals surface area contributed by atoms with Crippen LogP contribution in [-0.4, -0.2) is 6.54 Å². The number of hydrogen-bond donors (Lipinski definition) is 1. The normalized spacial score (nSPS) is 33.8. The van der Waals surface area contributed by atoms with Crippen molar-refractivity contribution in [3.63, 3.8) is 0 Å². The van der Waals surface area contributed by atoms with Gasteiger partial charge in [-0.15, -0.1) is 11.3 Å². The molecule has 1 heterocycles. The van der Waals surface area contributed by atoms with E-state index in [1.54, 1.807) is 0 Å². The molecule has 1 aromatic heterocycles. The van der Waals surface area contributed by atoms with E-state index in [0.717, 1.165) is 12.5 Å². The zero-order chi connectivity index (χ0) is 9.31. The van der Waals surface area contributed by atoms with Gasteiger partial charge in [-0.25, -0.2) is 0 Å². The molecule has 72 valence electrons. The molecule has 2 rings (SSSR count). The van der Waals surface area contributed by atoms with Crippen molar-refractivity contribution < 1.29 is 0 Å². The first kappa shape index (κ1) is 9.22. The summed E-state index contributed by atoms with van der Waals surface area (Å²) < 4.78 is 0. The molecular weight excluding hydrogens is 178 g/mol. The molecule has 0 aliphatic heterocycles. The third-order valence-corrected chi connectivity index (χ3v) is 4.67. The van der Waals surface area contributed by atoms with Crippen molar-refractivity contribution in [3.05, 3.63) is 22.4 Å². The van der Waals surface area contributed by atoms with Crippen LogP contribution < -0.4 is 5.73 Å². The second-order valence-electron chi connectivity index (χ2n) is 4.13. The number of nitrogens with two attached hydrogens (primary N) is 1. The van der Waals surface area contributed by atoms with E-state index in [9.17, 15) is 0 Å². The Morgan fingerprint density at radius 2 is 2.54 bits per heavy atom. The van der Waals surface area contributed by atoms with Crippen LogP contribution in [0.2, 0.25) is 0 Å². The molecule has 2 atom stereocenters. The molecule has 2 unspecified atom stereocenters. The first-order valence-electron chi connectivity index (χ1n) is 5.03. The number of thiophene rings is 1. The minimum atomic E-state index is 0.314. The number of hydrogen-bond acceptors (Lipinski definition) is 2. The average Bonchev–Trinajstić information content (AvgIpc) is 2.73. The van der Waals surface area contributed by atoms with E-state index in [4.69, 9.17) is 5.73 Å². The van der Waals surface area contributed by atoms with Crippen LogP contribution >= 0.6 is 11.3 Å². The molecule has 0 amide bonds. The maximum Gasteiger partial charge on any atom is 0.0195 e. The predicted molar refractivity (Wildman–Crippen MR) is 58.1 cm³/mol. The van der Waals surface area contributed by atoms with Crippen molar-refractivity contribution in [1.82, 2.24) is 0 Å². The van der Waals surface area contributed by atoms with Gasteiger partial charge in [0.15, 0.2) is 0 Å². The summed E-state index contributed by atoms with van der Waals surface area (Å²) in [7, 11) is 0. The predicted octanol–water partition coefficient (Wildman–Crippen LogP) is 2.76.